The van der Waals surface area contributed by atoms with E-state index in [2.05, 4.69) is 56.6 Å². The highest BCUT2D eigenvalue weighted by Gasteiger charge is 2.59. The molecule has 3 saturated carbocycles. The summed E-state index contributed by atoms with van der Waals surface area (Å²) in [4.78, 5) is 87.7. The minimum atomic E-state index is -4.49. The largest absolute Gasteiger partial charge is 0.479 e. The summed E-state index contributed by atoms with van der Waals surface area (Å²) in [5.41, 5.74) is 13.6. The minimum absolute atomic E-state index is 0.0362. The van der Waals surface area contributed by atoms with Gasteiger partial charge in [0.15, 0.2) is 12.3 Å². The molecule has 416 valence electrons. The van der Waals surface area contributed by atoms with Crippen LogP contribution in [0, 0.1) is 46.3 Å². The van der Waals surface area contributed by atoms with Crippen LogP contribution in [0.2, 0.25) is 0 Å². The van der Waals surface area contributed by atoms with E-state index < -0.39 is 111 Å². The number of hydrogen-bond acceptors (Lipinski definition) is 14. The van der Waals surface area contributed by atoms with Gasteiger partial charge in [-0.1, -0.05) is 65.5 Å². The highest BCUT2D eigenvalue weighted by atomic mass is 31.2. The summed E-state index contributed by atoms with van der Waals surface area (Å²) in [6.45, 7) is 15.8. The van der Waals surface area contributed by atoms with Crippen molar-refractivity contribution in [3.63, 3.8) is 0 Å². The molecule has 73 heavy (non-hydrogen) atoms. The van der Waals surface area contributed by atoms with Gasteiger partial charge in [0.1, 0.15) is 36.4 Å². The summed E-state index contributed by atoms with van der Waals surface area (Å²) < 4.78 is 35.3. The van der Waals surface area contributed by atoms with Crippen LogP contribution in [0.5, 0.6) is 0 Å². The number of aliphatic hydroxyl groups is 2. The topological polar surface area (TPSA) is 329 Å². The number of carbonyl (C=O) groups is 6. The van der Waals surface area contributed by atoms with Crippen molar-refractivity contribution in [2.24, 2.45) is 57.8 Å². The zero-order valence-electron chi connectivity index (χ0n) is 44.5. The zero-order chi connectivity index (χ0) is 54.3. The number of carboxylic acids is 1. The van der Waals surface area contributed by atoms with Crippen molar-refractivity contribution < 1.29 is 72.1 Å². The number of amides is 5. The van der Waals surface area contributed by atoms with E-state index in [0.717, 1.165) is 48.3 Å². The number of aliphatic hydroxyl groups excluding tert-OH is 2. The number of primary amides is 1. The first-order valence-electron chi connectivity index (χ1n) is 26.5. The van der Waals surface area contributed by atoms with E-state index >= 15 is 0 Å². The molecule has 0 radical (unpaired) electrons. The van der Waals surface area contributed by atoms with Crippen LogP contribution in [0.15, 0.2) is 11.6 Å². The van der Waals surface area contributed by atoms with Crippen LogP contribution in [-0.2, 0) is 51.9 Å². The molecule has 4 aliphatic carbocycles. The van der Waals surface area contributed by atoms with Crippen molar-refractivity contribution in [2.75, 3.05) is 19.8 Å². The van der Waals surface area contributed by atoms with E-state index in [-0.39, 0.29) is 31.4 Å². The van der Waals surface area contributed by atoms with E-state index in [4.69, 9.17) is 30.0 Å². The fraction of sp³-hybridized carbons (Fsp3) is 0.843. The third-order valence-corrected chi connectivity index (χ3v) is 18.4. The Morgan fingerprint density at radius 2 is 1.66 bits per heavy atom. The fourth-order valence-corrected chi connectivity index (χ4v) is 14.2. The summed E-state index contributed by atoms with van der Waals surface area (Å²) in [6, 6.07) is -5.35. The van der Waals surface area contributed by atoms with Gasteiger partial charge in [0, 0.05) is 19.9 Å². The van der Waals surface area contributed by atoms with Gasteiger partial charge in [-0.15, -0.1) is 0 Å². The lowest BCUT2D eigenvalue weighted by molar-refractivity contribution is -0.245. The fourth-order valence-electron chi connectivity index (χ4n) is 13.3. The molecule has 0 aromatic heterocycles. The Morgan fingerprint density at radius 1 is 0.959 bits per heavy atom. The number of allylic oxidation sites excluding steroid dienone is 1. The lowest BCUT2D eigenvalue weighted by Gasteiger charge is -2.58. The summed E-state index contributed by atoms with van der Waals surface area (Å²) in [7, 11) is -4.49. The molecule has 21 nitrogen and oxygen atoms in total. The van der Waals surface area contributed by atoms with Crippen LogP contribution in [-0.4, -0.2) is 141 Å². The number of nitrogens with one attached hydrogen (secondary N) is 3. The molecule has 1 aliphatic heterocycles. The zero-order valence-corrected chi connectivity index (χ0v) is 45.4. The molecular weight excluding hydrogens is 968 g/mol. The maximum absolute atomic E-state index is 13.5. The average Bonchev–Trinajstić information content (AvgIpc) is 3.67. The molecule has 1 saturated heterocycles. The smallest absolute Gasteiger partial charge is 0.472 e. The number of phosphoric acid groups is 1. The first-order valence-corrected chi connectivity index (χ1v) is 28.0. The van der Waals surface area contributed by atoms with E-state index in [1.165, 1.54) is 71.3 Å². The van der Waals surface area contributed by atoms with Gasteiger partial charge in [-0.25, -0.2) is 9.36 Å². The number of carbonyl (C=O) groups excluding carboxylic acids is 5. The van der Waals surface area contributed by atoms with Gasteiger partial charge in [0.2, 0.25) is 29.5 Å². The van der Waals surface area contributed by atoms with Gasteiger partial charge in [0.05, 0.1) is 25.4 Å². The normalized spacial score (nSPS) is 33.8. The highest BCUT2D eigenvalue weighted by molar-refractivity contribution is 7.47. The molecule has 5 amide bonds. The molecule has 0 bridgehead atoms. The Labute approximate surface area is 431 Å². The Balaban J connectivity index is 1.04. The molecule has 4 fully saturated rings. The SMILES string of the molecule is CC(=O)N(C1O[C@H](CO)[C@@H](O)[C@H](O[C@H](C)C(=O)O)[C@H]1N)[C@@H](C)C(=O)N[C@H](CCC(=O)N[C@@H](C)C(=O)NCCOP(=O)(O)O[C@H]1CC[C@@]2(C)C(=CC[C@H]3[C@@H]4CC[C@H]([C@H](C)CCCC(C)C)[C@@]4(C)CC[C@@H]32)C1)C(N)=O. The van der Waals surface area contributed by atoms with Crippen LogP contribution in [0.25, 0.3) is 0 Å². The number of fused-ring (bicyclic) bond motifs is 5. The Bertz CT molecular complexity index is 2050. The van der Waals surface area contributed by atoms with Gasteiger partial charge in [-0.05, 0) is 125 Å². The molecule has 5 aliphatic rings. The van der Waals surface area contributed by atoms with Crippen molar-refractivity contribution in [2.45, 2.75) is 207 Å². The van der Waals surface area contributed by atoms with Gasteiger partial charge in [0.25, 0.3) is 0 Å². The van der Waals surface area contributed by atoms with Gasteiger partial charge in [-0.3, -0.25) is 33.0 Å². The van der Waals surface area contributed by atoms with Gasteiger partial charge < -0.3 is 62.0 Å². The summed E-state index contributed by atoms with van der Waals surface area (Å²) >= 11 is 0. The summed E-state index contributed by atoms with van der Waals surface area (Å²) in [6.07, 6.45) is 6.02. The molecular formula is C51H87N6O15P. The first kappa shape index (κ1) is 60.3. The second kappa shape index (κ2) is 25.5. The van der Waals surface area contributed by atoms with E-state index in [1.807, 2.05) is 0 Å². The minimum Gasteiger partial charge on any atom is -0.479 e. The molecule has 2 unspecified atom stereocenters. The lowest BCUT2D eigenvalue weighted by Crippen LogP contribution is -2.70. The van der Waals surface area contributed by atoms with Crippen molar-refractivity contribution in [1.29, 1.82) is 0 Å². The molecule has 0 spiro atoms. The van der Waals surface area contributed by atoms with Crippen LogP contribution >= 0.6 is 7.82 Å². The Hall–Kier alpha value is -3.53. The number of nitrogens with zero attached hydrogens (tertiary/aromatic N) is 1. The predicted molar refractivity (Wildman–Crippen MR) is 268 cm³/mol. The summed E-state index contributed by atoms with van der Waals surface area (Å²) in [5, 5.41) is 37.4. The number of phosphoric ester groups is 1. The quantitative estimate of drug-likeness (QED) is 0.0359. The lowest BCUT2D eigenvalue weighted by atomic mass is 9.47. The van der Waals surface area contributed by atoms with Crippen molar-refractivity contribution in [3.8, 4) is 0 Å². The van der Waals surface area contributed by atoms with Crippen molar-refractivity contribution >= 4 is 43.3 Å². The number of nitrogens with two attached hydrogens (primary N) is 2. The molecule has 18 atom stereocenters. The molecule has 22 heteroatoms. The number of carboxylic acid groups (broad SMARTS) is 1. The monoisotopic (exact) mass is 1050 g/mol. The van der Waals surface area contributed by atoms with Crippen molar-refractivity contribution in [1.82, 2.24) is 20.9 Å². The van der Waals surface area contributed by atoms with Crippen LogP contribution < -0.4 is 27.4 Å². The average molecular weight is 1060 g/mol. The Morgan fingerprint density at radius 3 is 2.29 bits per heavy atom. The maximum Gasteiger partial charge on any atom is 0.472 e. The standard InChI is InChI=1S/C51H87N6O15P/c1-27(2)11-10-12-28(3)36-15-16-37-35-14-13-33-25-34(19-21-50(33,8)38(35)20-22-51(36,37)9)72-73(67,68)69-24-23-54-46(63)29(4)55-41(60)18-17-39(45(53)62)56-47(64)30(5)57(32(7)59)48-42(52)44(70-31(6)49(65)66)43(61)40(26-58)71-48/h13,27-31,34-40,42-44,48,58,61H,10-12,14-26,52H2,1-9H3,(H2,53,62)(H,54,63)(H,55,60)(H,56,64)(H,65,66)(H,67,68)/t28-,29+,30+,31-,34+,35+,36-,37+,38+,39-,40-,42-,43-,44-,48?,50+,51-/m1/s1. The predicted octanol–water partition coefficient (Wildman–Crippen LogP) is 3.40. The molecule has 5 rings (SSSR count). The van der Waals surface area contributed by atoms with Crippen LogP contribution in [0.1, 0.15) is 146 Å². The van der Waals surface area contributed by atoms with Crippen molar-refractivity contribution in [3.05, 3.63) is 11.6 Å². The van der Waals surface area contributed by atoms with Gasteiger partial charge in [-0.2, -0.15) is 0 Å². The highest BCUT2D eigenvalue weighted by Crippen LogP contribution is 2.67. The number of rotatable bonds is 25. The third kappa shape index (κ3) is 14.5. The number of ether oxygens (including phenoxy) is 2. The van der Waals surface area contributed by atoms with E-state index in [9.17, 15) is 53.5 Å². The third-order valence-electron chi connectivity index (χ3n) is 17.4. The Kier molecular flexibility index (Phi) is 21.1. The first-order chi connectivity index (χ1) is 34.1. The van der Waals surface area contributed by atoms with Crippen LogP contribution in [0.4, 0.5) is 0 Å². The molecule has 11 N–H and O–H groups in total. The second-order valence-corrected chi connectivity index (χ2v) is 24.0. The maximum atomic E-state index is 13.5. The van der Waals surface area contributed by atoms with E-state index in [0.29, 0.717) is 30.1 Å². The number of aliphatic carboxylic acids is 1. The van der Waals surface area contributed by atoms with E-state index in [1.54, 1.807) is 0 Å². The molecule has 0 aromatic rings. The number of hydrogen-bond donors (Lipinski definition) is 9. The molecule has 0 aromatic carbocycles. The van der Waals surface area contributed by atoms with Gasteiger partial charge >= 0.3 is 13.8 Å². The second-order valence-electron chi connectivity index (χ2n) is 22.6. The van der Waals surface area contributed by atoms with Crippen LogP contribution in [0.3, 0.4) is 0 Å². The molecule has 1 heterocycles. The summed E-state index contributed by atoms with van der Waals surface area (Å²) in [5.74, 6) is -1.11.